The molecular weight excluding hydrogens is 264 g/mol. The molecule has 0 amide bonds. The van der Waals surface area contributed by atoms with E-state index in [0.717, 1.165) is 37.9 Å². The lowest BCUT2D eigenvalue weighted by Gasteiger charge is -2.42. The number of nitrogens with two attached hydrogens (primary N) is 1. The van der Waals surface area contributed by atoms with Crippen molar-refractivity contribution in [3.63, 3.8) is 0 Å². The zero-order valence-electron chi connectivity index (χ0n) is 13.2. The van der Waals surface area contributed by atoms with Crippen LogP contribution >= 0.6 is 0 Å². The first-order chi connectivity index (χ1) is 10.2. The number of aliphatic hydroxyl groups is 1. The Bertz CT molecular complexity index is 464. The van der Waals surface area contributed by atoms with Gasteiger partial charge in [-0.05, 0) is 55.4 Å². The zero-order valence-corrected chi connectivity index (χ0v) is 13.2. The molecule has 0 aromatic heterocycles. The molecule has 1 aromatic rings. The van der Waals surface area contributed by atoms with Crippen LogP contribution in [0.15, 0.2) is 18.2 Å². The van der Waals surface area contributed by atoms with Crippen LogP contribution in [0.2, 0.25) is 0 Å². The molecule has 0 aliphatic heterocycles. The van der Waals surface area contributed by atoms with Crippen molar-refractivity contribution >= 4 is 0 Å². The number of hydrogen-bond acceptors (Lipinski definition) is 4. The lowest BCUT2D eigenvalue weighted by atomic mass is 9.75. The van der Waals surface area contributed by atoms with Gasteiger partial charge >= 0.3 is 0 Å². The average Bonchev–Trinajstić information content (AvgIpc) is 2.54. The molecule has 4 heteroatoms. The minimum atomic E-state index is -0.196. The van der Waals surface area contributed by atoms with Crippen LogP contribution in [0.25, 0.3) is 0 Å². The van der Waals surface area contributed by atoms with Crippen molar-refractivity contribution in [2.45, 2.75) is 50.6 Å². The minimum Gasteiger partial charge on any atom is -0.497 e. The standard InChI is InChI=1S/C17H28N2O2/c1-3-14(8-10-20)19-17(12-18)9-4-5-13-6-7-15(21-2)11-16(13)17/h6-7,11,14,19-20H,3-5,8-10,12,18H2,1-2H3. The number of aryl methyl sites for hydroxylation is 1. The minimum absolute atomic E-state index is 0.196. The van der Waals surface area contributed by atoms with Crippen LogP contribution in [0, 0.1) is 0 Å². The molecule has 0 spiro atoms. The summed E-state index contributed by atoms with van der Waals surface area (Å²) in [6, 6.07) is 6.60. The van der Waals surface area contributed by atoms with E-state index in [-0.39, 0.29) is 18.2 Å². The number of benzene rings is 1. The molecule has 0 radical (unpaired) electrons. The summed E-state index contributed by atoms with van der Waals surface area (Å²) < 4.78 is 5.39. The molecule has 2 atom stereocenters. The Morgan fingerprint density at radius 3 is 2.90 bits per heavy atom. The van der Waals surface area contributed by atoms with Gasteiger partial charge in [0.2, 0.25) is 0 Å². The predicted octanol–water partition coefficient (Wildman–Crippen LogP) is 1.94. The molecule has 4 nitrogen and oxygen atoms in total. The second-order valence-electron chi connectivity index (χ2n) is 5.92. The summed E-state index contributed by atoms with van der Waals surface area (Å²) >= 11 is 0. The normalized spacial score (nSPS) is 22.7. The van der Waals surface area contributed by atoms with Gasteiger partial charge in [0, 0.05) is 19.2 Å². The second-order valence-corrected chi connectivity index (χ2v) is 5.92. The van der Waals surface area contributed by atoms with Crippen molar-refractivity contribution in [2.24, 2.45) is 5.73 Å². The first kappa shape index (κ1) is 16.3. The van der Waals surface area contributed by atoms with Crippen LogP contribution in [-0.4, -0.2) is 31.4 Å². The molecule has 0 bridgehead atoms. The van der Waals surface area contributed by atoms with Gasteiger partial charge in [-0.25, -0.2) is 0 Å². The number of ether oxygens (including phenoxy) is 1. The summed E-state index contributed by atoms with van der Waals surface area (Å²) in [7, 11) is 1.70. The first-order valence-electron chi connectivity index (χ1n) is 7.95. The monoisotopic (exact) mass is 292 g/mol. The van der Waals surface area contributed by atoms with Crippen molar-refractivity contribution in [3.8, 4) is 5.75 Å². The van der Waals surface area contributed by atoms with E-state index in [1.165, 1.54) is 11.1 Å². The topological polar surface area (TPSA) is 67.5 Å². The zero-order chi connectivity index (χ0) is 15.3. The highest BCUT2D eigenvalue weighted by atomic mass is 16.5. The van der Waals surface area contributed by atoms with Crippen LogP contribution in [0.5, 0.6) is 5.75 Å². The highest BCUT2D eigenvalue weighted by Gasteiger charge is 2.36. The van der Waals surface area contributed by atoms with Gasteiger partial charge in [0.25, 0.3) is 0 Å². The third-order valence-electron chi connectivity index (χ3n) is 4.68. The summed E-state index contributed by atoms with van der Waals surface area (Å²) in [4.78, 5) is 0. The smallest absolute Gasteiger partial charge is 0.119 e. The summed E-state index contributed by atoms with van der Waals surface area (Å²) in [5.74, 6) is 0.880. The molecule has 0 fully saturated rings. The number of fused-ring (bicyclic) bond motifs is 1. The average molecular weight is 292 g/mol. The van der Waals surface area contributed by atoms with E-state index in [1.807, 2.05) is 6.07 Å². The Balaban J connectivity index is 2.35. The quantitative estimate of drug-likeness (QED) is 0.718. The lowest BCUT2D eigenvalue weighted by Crippen LogP contribution is -2.54. The summed E-state index contributed by atoms with van der Waals surface area (Å²) in [6.07, 6.45) is 5.02. The first-order valence-corrected chi connectivity index (χ1v) is 7.95. The number of rotatable bonds is 7. The van der Waals surface area contributed by atoms with Gasteiger partial charge in [0.1, 0.15) is 5.75 Å². The SMILES string of the molecule is CCC(CCO)NC1(CN)CCCc2ccc(OC)cc21. The van der Waals surface area contributed by atoms with Gasteiger partial charge in [-0.15, -0.1) is 0 Å². The van der Waals surface area contributed by atoms with Gasteiger partial charge in [0.05, 0.1) is 12.6 Å². The lowest BCUT2D eigenvalue weighted by molar-refractivity contribution is 0.210. The summed E-state index contributed by atoms with van der Waals surface area (Å²) in [5, 5.41) is 13.0. The van der Waals surface area contributed by atoms with Crippen LogP contribution in [0.4, 0.5) is 0 Å². The van der Waals surface area contributed by atoms with Crippen molar-refractivity contribution in [1.82, 2.24) is 5.32 Å². The highest BCUT2D eigenvalue weighted by molar-refractivity contribution is 5.42. The van der Waals surface area contributed by atoms with Crippen LogP contribution in [0.1, 0.15) is 43.7 Å². The third-order valence-corrected chi connectivity index (χ3v) is 4.68. The van der Waals surface area contributed by atoms with Crippen molar-refractivity contribution in [1.29, 1.82) is 0 Å². The van der Waals surface area contributed by atoms with E-state index >= 15 is 0 Å². The maximum Gasteiger partial charge on any atom is 0.119 e. The van der Waals surface area contributed by atoms with E-state index in [2.05, 4.69) is 24.4 Å². The number of aliphatic hydroxyl groups excluding tert-OH is 1. The fourth-order valence-electron chi connectivity index (χ4n) is 3.41. The highest BCUT2D eigenvalue weighted by Crippen LogP contribution is 2.37. The molecular formula is C17H28N2O2. The molecule has 0 heterocycles. The van der Waals surface area contributed by atoms with E-state index in [0.29, 0.717) is 6.54 Å². The van der Waals surface area contributed by atoms with Gasteiger partial charge < -0.3 is 20.9 Å². The fourth-order valence-corrected chi connectivity index (χ4v) is 3.41. The van der Waals surface area contributed by atoms with Crippen LogP contribution in [0.3, 0.4) is 0 Å². The molecule has 0 saturated carbocycles. The van der Waals surface area contributed by atoms with Gasteiger partial charge in [-0.2, -0.15) is 0 Å². The molecule has 118 valence electrons. The molecule has 0 saturated heterocycles. The van der Waals surface area contributed by atoms with E-state index in [4.69, 9.17) is 10.5 Å². The Morgan fingerprint density at radius 2 is 2.29 bits per heavy atom. The summed E-state index contributed by atoms with van der Waals surface area (Å²) in [6.45, 7) is 2.92. The molecule has 1 aliphatic rings. The molecule has 4 N–H and O–H groups in total. The summed E-state index contributed by atoms with van der Waals surface area (Å²) in [5.41, 5.74) is 8.61. The number of methoxy groups -OCH3 is 1. The van der Waals surface area contributed by atoms with Crippen molar-refractivity contribution in [3.05, 3.63) is 29.3 Å². The maximum absolute atomic E-state index is 9.24. The molecule has 1 aliphatic carbocycles. The maximum atomic E-state index is 9.24. The molecule has 2 unspecified atom stereocenters. The van der Waals surface area contributed by atoms with E-state index < -0.39 is 0 Å². The predicted molar refractivity (Wildman–Crippen MR) is 85.6 cm³/mol. The van der Waals surface area contributed by atoms with Crippen LogP contribution in [-0.2, 0) is 12.0 Å². The van der Waals surface area contributed by atoms with Crippen molar-refractivity contribution in [2.75, 3.05) is 20.3 Å². The Labute approximate surface area is 127 Å². The second kappa shape index (κ2) is 7.25. The number of nitrogens with one attached hydrogen (secondary N) is 1. The molecule has 2 rings (SSSR count). The molecule has 21 heavy (non-hydrogen) atoms. The molecule has 1 aromatic carbocycles. The Morgan fingerprint density at radius 1 is 1.48 bits per heavy atom. The van der Waals surface area contributed by atoms with Crippen LogP contribution < -0.4 is 15.8 Å². The van der Waals surface area contributed by atoms with Gasteiger partial charge in [0.15, 0.2) is 0 Å². The Hall–Kier alpha value is -1.10. The van der Waals surface area contributed by atoms with Gasteiger partial charge in [-0.3, -0.25) is 0 Å². The van der Waals surface area contributed by atoms with E-state index in [9.17, 15) is 5.11 Å². The third kappa shape index (κ3) is 3.39. The fraction of sp³-hybridized carbons (Fsp3) is 0.647. The number of hydrogen-bond donors (Lipinski definition) is 3. The van der Waals surface area contributed by atoms with E-state index in [1.54, 1.807) is 7.11 Å². The largest absolute Gasteiger partial charge is 0.497 e. The Kier molecular flexibility index (Phi) is 5.62. The van der Waals surface area contributed by atoms with Crippen molar-refractivity contribution < 1.29 is 9.84 Å². The van der Waals surface area contributed by atoms with Gasteiger partial charge in [-0.1, -0.05) is 13.0 Å².